The van der Waals surface area contributed by atoms with E-state index in [0.717, 1.165) is 27.9 Å². The topological polar surface area (TPSA) is 102 Å². The van der Waals surface area contributed by atoms with Crippen LogP contribution in [0.4, 0.5) is 5.69 Å². The van der Waals surface area contributed by atoms with Crippen LogP contribution in [-0.4, -0.2) is 60.6 Å². The number of likely N-dealkylation sites (tertiary alicyclic amines) is 1. The van der Waals surface area contributed by atoms with E-state index >= 15 is 0 Å². The van der Waals surface area contributed by atoms with Gasteiger partial charge >= 0.3 is 0 Å². The summed E-state index contributed by atoms with van der Waals surface area (Å²) in [6.07, 6.45) is 2.18. The molecule has 3 aromatic rings. The van der Waals surface area contributed by atoms with Crippen LogP contribution in [-0.2, 0) is 13.1 Å². The van der Waals surface area contributed by atoms with Crippen molar-refractivity contribution in [1.29, 1.82) is 0 Å². The van der Waals surface area contributed by atoms with Crippen molar-refractivity contribution in [2.45, 2.75) is 57.2 Å². The number of hydrogen-bond donors (Lipinski definition) is 4. The number of β-amino-alcohol motifs (C(OH)–C–C–N with tert-alkyl or cyclic N) is 1. The molecule has 2 fully saturated rings. The third-order valence-corrected chi connectivity index (χ3v) is 7.34. The second-order valence-corrected chi connectivity index (χ2v) is 9.79. The lowest BCUT2D eigenvalue weighted by atomic mass is 9.84. The summed E-state index contributed by atoms with van der Waals surface area (Å²) in [5, 5.41) is 34.9. The molecule has 4 N–H and O–H groups in total. The smallest absolute Gasteiger partial charge is 0.159 e. The molecule has 2 unspecified atom stereocenters. The molecule has 1 aliphatic carbocycles. The van der Waals surface area contributed by atoms with Crippen LogP contribution < -0.4 is 5.32 Å². The summed E-state index contributed by atoms with van der Waals surface area (Å²) in [7, 11) is 0. The van der Waals surface area contributed by atoms with Crippen LogP contribution in [0.3, 0.4) is 0 Å². The highest BCUT2D eigenvalue weighted by atomic mass is 16.3. The van der Waals surface area contributed by atoms with Gasteiger partial charge in [-0.25, -0.2) is 9.97 Å². The first-order valence-electron chi connectivity index (χ1n) is 11.9. The maximum atomic E-state index is 10.7. The quantitative estimate of drug-likeness (QED) is 0.449. The zero-order chi connectivity index (χ0) is 23.9. The molecule has 0 radical (unpaired) electrons. The highest BCUT2D eigenvalue weighted by Gasteiger charge is 2.66. The van der Waals surface area contributed by atoms with Crippen molar-refractivity contribution in [2.75, 3.05) is 11.9 Å². The first-order valence-corrected chi connectivity index (χ1v) is 11.9. The van der Waals surface area contributed by atoms with E-state index in [1.54, 1.807) is 12.4 Å². The van der Waals surface area contributed by atoms with E-state index in [9.17, 15) is 15.3 Å². The number of nitrogens with zero attached hydrogens (tertiary/aromatic N) is 3. The molecule has 2 heterocycles. The van der Waals surface area contributed by atoms with E-state index in [0.29, 0.717) is 31.9 Å². The summed E-state index contributed by atoms with van der Waals surface area (Å²) in [6.45, 7) is 5.64. The first-order chi connectivity index (χ1) is 16.4. The third-order valence-electron chi connectivity index (χ3n) is 7.34. The number of aromatic nitrogens is 2. The minimum absolute atomic E-state index is 0.238. The predicted octanol–water partition coefficient (Wildman–Crippen LogP) is 2.74. The van der Waals surface area contributed by atoms with E-state index in [2.05, 4.69) is 69.6 Å². The van der Waals surface area contributed by atoms with Crippen molar-refractivity contribution in [1.82, 2.24) is 14.9 Å². The van der Waals surface area contributed by atoms with Crippen LogP contribution in [0, 0.1) is 12.8 Å². The SMILES string of the molecule is Cc1cc(NCc2ccc(CN3C[C@H](O)[C@@H](C)[C@H](O)C34CC4O)cc2)cc(-c2ncccn2)c1. The predicted molar refractivity (Wildman–Crippen MR) is 131 cm³/mol. The van der Waals surface area contributed by atoms with Crippen molar-refractivity contribution in [3.05, 3.63) is 77.6 Å². The second kappa shape index (κ2) is 9.07. The Balaban J connectivity index is 1.24. The zero-order valence-electron chi connectivity index (χ0n) is 19.6. The van der Waals surface area contributed by atoms with Crippen LogP contribution in [0.2, 0.25) is 0 Å². The van der Waals surface area contributed by atoms with Gasteiger partial charge in [0.05, 0.1) is 23.9 Å². The molecule has 0 bridgehead atoms. The molecule has 7 nitrogen and oxygen atoms in total. The van der Waals surface area contributed by atoms with Crippen LogP contribution in [0.5, 0.6) is 0 Å². The summed E-state index contributed by atoms with van der Waals surface area (Å²) < 4.78 is 0. The Morgan fingerprint density at radius 3 is 2.38 bits per heavy atom. The molecule has 2 aliphatic rings. The molecule has 178 valence electrons. The van der Waals surface area contributed by atoms with Gasteiger partial charge in [-0.2, -0.15) is 0 Å². The third kappa shape index (κ3) is 4.32. The normalized spacial score (nSPS) is 28.7. The van der Waals surface area contributed by atoms with E-state index in [1.807, 2.05) is 13.0 Å². The minimum atomic E-state index is -0.727. The van der Waals surface area contributed by atoms with Crippen molar-refractivity contribution in [2.24, 2.45) is 5.92 Å². The first kappa shape index (κ1) is 22.9. The Hall–Kier alpha value is -2.84. The highest BCUT2D eigenvalue weighted by Crippen LogP contribution is 2.50. The van der Waals surface area contributed by atoms with Crippen LogP contribution in [0.1, 0.15) is 30.0 Å². The molecule has 5 rings (SSSR count). The van der Waals surface area contributed by atoms with Gasteiger partial charge in [-0.05, 0) is 54.3 Å². The fraction of sp³-hybridized carbons (Fsp3) is 0.407. The average Bonchev–Trinajstić information content (AvgIpc) is 3.53. The number of aryl methyl sites for hydroxylation is 1. The number of anilines is 1. The van der Waals surface area contributed by atoms with Gasteiger partial charge in [-0.15, -0.1) is 0 Å². The molecule has 1 spiro atoms. The molecule has 1 saturated carbocycles. The van der Waals surface area contributed by atoms with Crippen molar-refractivity contribution in [3.63, 3.8) is 0 Å². The van der Waals surface area contributed by atoms with Crippen LogP contribution in [0.25, 0.3) is 11.4 Å². The molecule has 5 atom stereocenters. The zero-order valence-corrected chi connectivity index (χ0v) is 19.6. The van der Waals surface area contributed by atoms with Gasteiger partial charge in [-0.1, -0.05) is 31.2 Å². The Labute approximate surface area is 200 Å². The molecule has 1 aliphatic heterocycles. The lowest BCUT2D eigenvalue weighted by molar-refractivity contribution is -0.116. The molecular formula is C27H32N4O3. The number of rotatable bonds is 6. The fourth-order valence-corrected chi connectivity index (χ4v) is 5.18. The number of piperidine rings is 1. The van der Waals surface area contributed by atoms with E-state index in [-0.39, 0.29) is 5.92 Å². The highest BCUT2D eigenvalue weighted by molar-refractivity contribution is 5.64. The standard InChI is InChI=1S/C27H32N4O3/c1-17-10-21(26-28-8-3-9-29-26)12-22(11-17)30-14-19-4-6-20(7-5-19)15-31-16-23(32)18(2)25(34)27(31)13-24(27)33/h3-12,18,23-25,30,32-34H,13-16H2,1-2H3/t18-,23+,24?,25+,27?/m1/s1. The summed E-state index contributed by atoms with van der Waals surface area (Å²) in [6, 6.07) is 16.4. The van der Waals surface area contributed by atoms with Crippen molar-refractivity contribution < 1.29 is 15.3 Å². The molecular weight excluding hydrogens is 428 g/mol. The molecule has 34 heavy (non-hydrogen) atoms. The minimum Gasteiger partial charge on any atom is -0.391 e. The number of aliphatic hydroxyl groups excluding tert-OH is 3. The summed E-state index contributed by atoms with van der Waals surface area (Å²) in [5.74, 6) is 0.469. The Morgan fingerprint density at radius 2 is 1.71 bits per heavy atom. The van der Waals surface area contributed by atoms with E-state index in [1.165, 1.54) is 0 Å². The monoisotopic (exact) mass is 460 g/mol. The van der Waals surface area contributed by atoms with Crippen molar-refractivity contribution >= 4 is 5.69 Å². The van der Waals surface area contributed by atoms with Crippen molar-refractivity contribution in [3.8, 4) is 11.4 Å². The molecule has 2 aromatic carbocycles. The van der Waals surface area contributed by atoms with E-state index in [4.69, 9.17) is 0 Å². The molecule has 0 amide bonds. The van der Waals surface area contributed by atoms with Gasteiger partial charge in [0.25, 0.3) is 0 Å². The number of hydrogen-bond acceptors (Lipinski definition) is 7. The lowest BCUT2D eigenvalue weighted by Gasteiger charge is -2.45. The molecule has 7 heteroatoms. The van der Waals surface area contributed by atoms with Gasteiger partial charge in [0.15, 0.2) is 5.82 Å². The number of aliphatic hydroxyl groups is 3. The van der Waals surface area contributed by atoms with Crippen LogP contribution in [0.15, 0.2) is 60.9 Å². The van der Waals surface area contributed by atoms with Gasteiger partial charge < -0.3 is 20.6 Å². The maximum Gasteiger partial charge on any atom is 0.159 e. The average molecular weight is 461 g/mol. The second-order valence-electron chi connectivity index (χ2n) is 9.79. The summed E-state index contributed by atoms with van der Waals surface area (Å²) in [5.41, 5.74) is 4.76. The Bertz CT molecular complexity index is 1140. The van der Waals surface area contributed by atoms with Gasteiger partial charge in [0.1, 0.15) is 0 Å². The van der Waals surface area contributed by atoms with Crippen LogP contribution >= 0.6 is 0 Å². The van der Waals surface area contributed by atoms with Gasteiger partial charge in [-0.3, -0.25) is 4.90 Å². The van der Waals surface area contributed by atoms with Gasteiger partial charge in [0, 0.05) is 49.2 Å². The fourth-order valence-electron chi connectivity index (χ4n) is 5.18. The summed E-state index contributed by atoms with van der Waals surface area (Å²) >= 11 is 0. The number of benzene rings is 2. The number of nitrogens with one attached hydrogen (secondary N) is 1. The molecule has 1 saturated heterocycles. The lowest BCUT2D eigenvalue weighted by Crippen LogP contribution is -2.60. The Kier molecular flexibility index (Phi) is 6.12. The maximum absolute atomic E-state index is 10.7. The Morgan fingerprint density at radius 1 is 1.03 bits per heavy atom. The van der Waals surface area contributed by atoms with E-state index < -0.39 is 23.9 Å². The largest absolute Gasteiger partial charge is 0.391 e. The molecule has 1 aromatic heterocycles. The van der Waals surface area contributed by atoms with Gasteiger partial charge in [0.2, 0.25) is 0 Å². The summed E-state index contributed by atoms with van der Waals surface area (Å²) in [4.78, 5) is 10.8.